The number of aryl methyl sites for hydroxylation is 1. The van der Waals surface area contributed by atoms with Crippen molar-refractivity contribution in [2.45, 2.75) is 36.1 Å². The Bertz CT molecular complexity index is 1050. The first-order valence-corrected chi connectivity index (χ1v) is 12.4. The van der Waals surface area contributed by atoms with E-state index in [-0.39, 0.29) is 22.4 Å². The summed E-state index contributed by atoms with van der Waals surface area (Å²) < 4.78 is 56.3. The molecule has 0 amide bonds. The van der Waals surface area contributed by atoms with Gasteiger partial charge in [0, 0.05) is 12.1 Å². The molecule has 152 valence electrons. The number of ether oxygens (including phenoxy) is 1. The van der Waals surface area contributed by atoms with Crippen molar-refractivity contribution in [2.75, 3.05) is 18.6 Å². The zero-order chi connectivity index (χ0) is 20.5. The van der Waals surface area contributed by atoms with Crippen LogP contribution in [0.3, 0.4) is 0 Å². The Labute approximate surface area is 166 Å². The van der Waals surface area contributed by atoms with Crippen molar-refractivity contribution in [3.63, 3.8) is 0 Å². The molecule has 3 rings (SSSR count). The van der Waals surface area contributed by atoms with Crippen LogP contribution in [0.1, 0.15) is 24.1 Å². The number of hydrogen-bond donors (Lipinski definition) is 1. The molecule has 2 aromatic carbocycles. The topological polar surface area (TPSA) is 89.5 Å². The van der Waals surface area contributed by atoms with E-state index in [0.717, 1.165) is 5.56 Å². The molecule has 8 heteroatoms. The van der Waals surface area contributed by atoms with Crippen LogP contribution in [-0.2, 0) is 19.7 Å². The van der Waals surface area contributed by atoms with Gasteiger partial charge in [0.15, 0.2) is 19.7 Å². The van der Waals surface area contributed by atoms with E-state index in [4.69, 9.17) is 4.74 Å². The van der Waals surface area contributed by atoms with E-state index in [2.05, 4.69) is 5.32 Å². The summed E-state index contributed by atoms with van der Waals surface area (Å²) in [7, 11) is -5.77. The highest BCUT2D eigenvalue weighted by molar-refractivity contribution is 7.96. The third kappa shape index (κ3) is 4.24. The summed E-state index contributed by atoms with van der Waals surface area (Å²) in [5, 5.41) is 2.20. The van der Waals surface area contributed by atoms with Crippen molar-refractivity contribution in [3.05, 3.63) is 59.7 Å². The molecule has 0 radical (unpaired) electrons. The van der Waals surface area contributed by atoms with Crippen LogP contribution in [0.15, 0.2) is 53.4 Å². The van der Waals surface area contributed by atoms with Gasteiger partial charge in [-0.15, -0.1) is 0 Å². The Balaban J connectivity index is 1.92. The lowest BCUT2D eigenvalue weighted by Crippen LogP contribution is -2.44. The highest BCUT2D eigenvalue weighted by atomic mass is 32.2. The lowest BCUT2D eigenvalue weighted by Gasteiger charge is -2.24. The molecule has 6 nitrogen and oxygen atoms in total. The Morgan fingerprint density at radius 3 is 2.39 bits per heavy atom. The van der Waals surface area contributed by atoms with Gasteiger partial charge in [-0.05, 0) is 43.2 Å². The number of hydrogen-bond acceptors (Lipinski definition) is 6. The highest BCUT2D eigenvalue weighted by Gasteiger charge is 2.46. The Morgan fingerprint density at radius 1 is 1.11 bits per heavy atom. The first kappa shape index (κ1) is 20.8. The van der Waals surface area contributed by atoms with Crippen LogP contribution >= 0.6 is 0 Å². The molecule has 1 aliphatic rings. The average Bonchev–Trinajstić information content (AvgIpc) is 2.97. The van der Waals surface area contributed by atoms with Crippen LogP contribution < -0.4 is 10.1 Å². The second kappa shape index (κ2) is 7.85. The first-order valence-electron chi connectivity index (χ1n) is 9.04. The normalized spacial score (nSPS) is 22.7. The molecule has 1 aliphatic heterocycles. The van der Waals surface area contributed by atoms with Gasteiger partial charge in [0.05, 0.1) is 28.8 Å². The molecule has 28 heavy (non-hydrogen) atoms. The van der Waals surface area contributed by atoms with Gasteiger partial charge in [-0.2, -0.15) is 0 Å². The van der Waals surface area contributed by atoms with Gasteiger partial charge in [0.1, 0.15) is 5.75 Å². The predicted octanol–water partition coefficient (Wildman–Crippen LogP) is 2.29. The van der Waals surface area contributed by atoms with E-state index in [9.17, 15) is 16.8 Å². The highest BCUT2D eigenvalue weighted by Crippen LogP contribution is 2.30. The summed E-state index contributed by atoms with van der Waals surface area (Å²) in [6.07, 6.45) is 0. The smallest absolute Gasteiger partial charge is 0.183 e. The van der Waals surface area contributed by atoms with Crippen LogP contribution in [0.4, 0.5) is 0 Å². The molecule has 1 unspecified atom stereocenters. The minimum absolute atomic E-state index is 0.118. The van der Waals surface area contributed by atoms with Crippen molar-refractivity contribution in [3.8, 4) is 5.75 Å². The molecule has 2 aromatic rings. The summed E-state index contributed by atoms with van der Waals surface area (Å²) in [4.78, 5) is 0.118. The maximum Gasteiger partial charge on any atom is 0.183 e. The third-order valence-electron chi connectivity index (χ3n) is 5.16. The SMILES string of the molecule is COc1ccc(S(=O)(=O)[C@H]2CS(=O)(=O)C[C@@H]2NC(C)c2ccccc2)cc1C. The van der Waals surface area contributed by atoms with Crippen molar-refractivity contribution in [1.29, 1.82) is 0 Å². The van der Waals surface area contributed by atoms with E-state index in [1.807, 2.05) is 37.3 Å². The average molecular weight is 424 g/mol. The van der Waals surface area contributed by atoms with Crippen molar-refractivity contribution >= 4 is 19.7 Å². The van der Waals surface area contributed by atoms with Crippen LogP contribution in [0, 0.1) is 6.92 Å². The number of nitrogens with one attached hydrogen (secondary N) is 1. The van der Waals surface area contributed by atoms with Gasteiger partial charge >= 0.3 is 0 Å². The van der Waals surface area contributed by atoms with E-state index in [1.54, 1.807) is 13.0 Å². The number of sulfone groups is 2. The summed E-state index contributed by atoms with van der Waals surface area (Å²) in [5.74, 6) is 0.0216. The van der Waals surface area contributed by atoms with Crippen molar-refractivity contribution < 1.29 is 21.6 Å². The fraction of sp³-hybridized carbons (Fsp3) is 0.400. The molecule has 1 saturated heterocycles. The van der Waals surface area contributed by atoms with Crippen LogP contribution in [-0.4, -0.2) is 46.7 Å². The zero-order valence-electron chi connectivity index (χ0n) is 16.1. The van der Waals surface area contributed by atoms with Gasteiger partial charge in [-0.3, -0.25) is 0 Å². The molecule has 1 N–H and O–H groups in total. The number of methoxy groups -OCH3 is 1. The molecular formula is C20H25NO5S2. The van der Waals surface area contributed by atoms with Gasteiger partial charge in [0.2, 0.25) is 0 Å². The van der Waals surface area contributed by atoms with Crippen molar-refractivity contribution in [1.82, 2.24) is 5.32 Å². The zero-order valence-corrected chi connectivity index (χ0v) is 17.8. The Kier molecular flexibility index (Phi) is 5.84. The Hall–Kier alpha value is -1.90. The third-order valence-corrected chi connectivity index (χ3v) is 9.31. The quantitative estimate of drug-likeness (QED) is 0.767. The summed E-state index contributed by atoms with van der Waals surface area (Å²) in [5.41, 5.74) is 1.66. The van der Waals surface area contributed by atoms with E-state index in [0.29, 0.717) is 11.3 Å². The maximum atomic E-state index is 13.3. The largest absolute Gasteiger partial charge is 0.496 e. The predicted molar refractivity (Wildman–Crippen MR) is 109 cm³/mol. The minimum atomic E-state index is -3.83. The molecule has 0 aliphatic carbocycles. The summed E-state index contributed by atoms with van der Waals surface area (Å²) in [6.45, 7) is 3.66. The molecule has 0 saturated carbocycles. The second-order valence-electron chi connectivity index (χ2n) is 7.20. The monoisotopic (exact) mass is 423 g/mol. The van der Waals surface area contributed by atoms with Gasteiger partial charge in [0.25, 0.3) is 0 Å². The summed E-state index contributed by atoms with van der Waals surface area (Å²) >= 11 is 0. The molecule has 0 aromatic heterocycles. The van der Waals surface area contributed by atoms with Crippen LogP contribution in [0.5, 0.6) is 5.75 Å². The van der Waals surface area contributed by atoms with Crippen LogP contribution in [0.2, 0.25) is 0 Å². The fourth-order valence-corrected chi connectivity index (χ4v) is 8.40. The molecule has 1 fully saturated rings. The van der Waals surface area contributed by atoms with Crippen molar-refractivity contribution in [2.24, 2.45) is 0 Å². The lowest BCUT2D eigenvalue weighted by atomic mass is 10.1. The van der Waals surface area contributed by atoms with E-state index < -0.39 is 31.0 Å². The van der Waals surface area contributed by atoms with E-state index >= 15 is 0 Å². The van der Waals surface area contributed by atoms with Gasteiger partial charge < -0.3 is 10.1 Å². The van der Waals surface area contributed by atoms with E-state index in [1.165, 1.54) is 19.2 Å². The first-order chi connectivity index (χ1) is 13.1. The fourth-order valence-electron chi connectivity index (χ4n) is 3.64. The molecular weight excluding hydrogens is 398 g/mol. The number of rotatable bonds is 6. The minimum Gasteiger partial charge on any atom is -0.496 e. The lowest BCUT2D eigenvalue weighted by molar-refractivity contribution is 0.411. The van der Waals surface area contributed by atoms with Crippen LogP contribution in [0.25, 0.3) is 0 Å². The standard InChI is InChI=1S/C20H25NO5S2/c1-14-11-17(9-10-19(14)26-3)28(24,25)20-13-27(22,23)12-18(20)21-15(2)16-7-5-4-6-8-16/h4-11,15,18,20-21H,12-13H2,1-3H3/t15?,18-,20-/m0/s1. The molecule has 0 spiro atoms. The van der Waals surface area contributed by atoms with Gasteiger partial charge in [-0.1, -0.05) is 30.3 Å². The Morgan fingerprint density at radius 2 is 1.79 bits per heavy atom. The second-order valence-corrected chi connectivity index (χ2v) is 11.5. The maximum absolute atomic E-state index is 13.3. The summed E-state index contributed by atoms with van der Waals surface area (Å²) in [6, 6.07) is 13.3. The molecule has 3 atom stereocenters. The number of benzene rings is 2. The van der Waals surface area contributed by atoms with Gasteiger partial charge in [-0.25, -0.2) is 16.8 Å². The molecule has 1 heterocycles. The molecule has 0 bridgehead atoms.